The van der Waals surface area contributed by atoms with Gasteiger partial charge >= 0.3 is 0 Å². The summed E-state index contributed by atoms with van der Waals surface area (Å²) in [6, 6.07) is 17.9. The summed E-state index contributed by atoms with van der Waals surface area (Å²) >= 11 is 0. The average Bonchev–Trinajstić information content (AvgIpc) is 3.35. The molecule has 0 atom stereocenters. The molecule has 0 unspecified atom stereocenters. The van der Waals surface area contributed by atoms with E-state index in [9.17, 15) is 4.79 Å². The number of aromatic nitrogens is 2. The van der Waals surface area contributed by atoms with Gasteiger partial charge in [-0.3, -0.25) is 9.48 Å². The fourth-order valence-electron chi connectivity index (χ4n) is 3.39. The molecule has 3 rings (SSSR count). The zero-order valence-electron chi connectivity index (χ0n) is 19.6. The molecule has 7 nitrogen and oxygen atoms in total. The van der Waals surface area contributed by atoms with Crippen molar-refractivity contribution in [3.8, 4) is 0 Å². The lowest BCUT2D eigenvalue weighted by atomic mass is 10.1. The van der Waals surface area contributed by atoms with Crippen LogP contribution in [-0.4, -0.2) is 34.7 Å². The van der Waals surface area contributed by atoms with Crippen LogP contribution in [0.25, 0.3) is 0 Å². The molecule has 174 valence electrons. The Balaban J connectivity index is 1.58. The lowest BCUT2D eigenvalue weighted by Gasteiger charge is -2.14. The highest BCUT2D eigenvalue weighted by molar-refractivity contribution is 5.94. The van der Waals surface area contributed by atoms with Crippen molar-refractivity contribution in [1.82, 2.24) is 25.7 Å². The lowest BCUT2D eigenvalue weighted by Crippen LogP contribution is -2.37. The number of nitrogens with one attached hydrogen (secondary N) is 3. The molecule has 33 heavy (non-hydrogen) atoms. The molecule has 1 amide bonds. The summed E-state index contributed by atoms with van der Waals surface area (Å²) in [6.07, 6.45) is 5.82. The fraction of sp³-hybridized carbons (Fsp3) is 0.346. The number of aliphatic imine (C=N–C) groups is 1. The Labute approximate surface area is 196 Å². The normalized spacial score (nSPS) is 11.3. The molecule has 0 saturated carbocycles. The molecule has 0 aliphatic rings. The first-order valence-corrected chi connectivity index (χ1v) is 11.6. The molecule has 0 bridgehead atoms. The van der Waals surface area contributed by atoms with Crippen LogP contribution >= 0.6 is 0 Å². The lowest BCUT2D eigenvalue weighted by molar-refractivity contribution is 0.0953. The Morgan fingerprint density at radius 2 is 1.76 bits per heavy atom. The third-order valence-electron chi connectivity index (χ3n) is 5.25. The summed E-state index contributed by atoms with van der Waals surface area (Å²) in [5.41, 5.74) is 4.16. The van der Waals surface area contributed by atoms with E-state index in [0.717, 1.165) is 37.5 Å². The van der Waals surface area contributed by atoms with E-state index in [1.54, 1.807) is 6.20 Å². The number of nitrogens with zero attached hydrogens (tertiary/aromatic N) is 3. The number of guanidine groups is 1. The van der Waals surface area contributed by atoms with E-state index < -0.39 is 0 Å². The standard InChI is InChI=1S/C26H34N6O/c1-3-5-15-28-25(33)22-13-11-21(12-14-22)18-29-26(27-4-2)30-19-23-9-6-7-10-24(23)20-32-17-8-16-31-32/h6-14,16-17H,3-5,15,18-20H2,1-2H3,(H,28,33)(H2,27,29,30). The molecule has 7 heteroatoms. The highest BCUT2D eigenvalue weighted by Gasteiger charge is 2.06. The van der Waals surface area contributed by atoms with Gasteiger partial charge in [-0.05, 0) is 48.2 Å². The molecular formula is C26H34N6O. The van der Waals surface area contributed by atoms with Crippen LogP contribution < -0.4 is 16.0 Å². The molecule has 3 aromatic rings. The first-order valence-electron chi connectivity index (χ1n) is 11.6. The van der Waals surface area contributed by atoms with E-state index in [2.05, 4.69) is 53.1 Å². The first kappa shape index (κ1) is 24.0. The predicted molar refractivity (Wildman–Crippen MR) is 133 cm³/mol. The van der Waals surface area contributed by atoms with Crippen molar-refractivity contribution in [2.24, 2.45) is 4.99 Å². The number of hydrogen-bond acceptors (Lipinski definition) is 3. The Morgan fingerprint density at radius 3 is 2.45 bits per heavy atom. The Kier molecular flexibility index (Phi) is 9.51. The smallest absolute Gasteiger partial charge is 0.251 e. The monoisotopic (exact) mass is 446 g/mol. The van der Waals surface area contributed by atoms with Crippen LogP contribution in [0.5, 0.6) is 0 Å². The summed E-state index contributed by atoms with van der Waals surface area (Å²) < 4.78 is 1.92. The maximum absolute atomic E-state index is 12.2. The maximum Gasteiger partial charge on any atom is 0.251 e. The topological polar surface area (TPSA) is 83.3 Å². The van der Waals surface area contributed by atoms with Crippen molar-refractivity contribution < 1.29 is 4.79 Å². The molecule has 3 N–H and O–H groups in total. The van der Waals surface area contributed by atoms with Crippen LogP contribution in [0.2, 0.25) is 0 Å². The maximum atomic E-state index is 12.2. The molecule has 0 aliphatic carbocycles. The number of carbonyl (C=O) groups is 1. The third-order valence-corrected chi connectivity index (χ3v) is 5.25. The van der Waals surface area contributed by atoms with Crippen molar-refractivity contribution in [1.29, 1.82) is 0 Å². The number of amides is 1. The number of hydrogen-bond donors (Lipinski definition) is 3. The molecule has 0 spiro atoms. The SMILES string of the molecule is CCCCNC(=O)c1ccc(CN=C(NCC)NCc2ccccc2Cn2cccn2)cc1. The van der Waals surface area contributed by atoms with E-state index in [1.807, 2.05) is 47.3 Å². The number of carbonyl (C=O) groups excluding carboxylic acids is 1. The van der Waals surface area contributed by atoms with Gasteiger partial charge in [0, 0.05) is 37.6 Å². The summed E-state index contributed by atoms with van der Waals surface area (Å²) in [5, 5.41) is 14.0. The van der Waals surface area contributed by atoms with Crippen molar-refractivity contribution >= 4 is 11.9 Å². The number of benzene rings is 2. The molecule has 0 aliphatic heterocycles. The van der Waals surface area contributed by atoms with Gasteiger partial charge in [-0.25, -0.2) is 4.99 Å². The Bertz CT molecular complexity index is 1010. The zero-order chi connectivity index (χ0) is 23.3. The van der Waals surface area contributed by atoms with Crippen LogP contribution in [0.3, 0.4) is 0 Å². The quantitative estimate of drug-likeness (QED) is 0.238. The molecule has 0 fully saturated rings. The second-order valence-electron chi connectivity index (χ2n) is 7.83. The summed E-state index contributed by atoms with van der Waals surface area (Å²) in [4.78, 5) is 16.9. The van der Waals surface area contributed by atoms with Gasteiger partial charge in [0.25, 0.3) is 5.91 Å². The minimum atomic E-state index is -0.0257. The van der Waals surface area contributed by atoms with Gasteiger partial charge < -0.3 is 16.0 Å². The summed E-state index contributed by atoms with van der Waals surface area (Å²) in [6.45, 7) is 7.58. The van der Waals surface area contributed by atoms with Crippen molar-refractivity contribution in [3.63, 3.8) is 0 Å². The fourth-order valence-corrected chi connectivity index (χ4v) is 3.39. The molecule has 0 radical (unpaired) electrons. The van der Waals surface area contributed by atoms with Crippen LogP contribution in [0, 0.1) is 0 Å². The van der Waals surface area contributed by atoms with Crippen LogP contribution in [0.4, 0.5) is 0 Å². The molecule has 2 aromatic carbocycles. The van der Waals surface area contributed by atoms with E-state index in [0.29, 0.717) is 25.2 Å². The van der Waals surface area contributed by atoms with Gasteiger partial charge in [0.15, 0.2) is 5.96 Å². The van der Waals surface area contributed by atoms with Gasteiger partial charge in [0.05, 0.1) is 13.1 Å². The van der Waals surface area contributed by atoms with Crippen molar-refractivity contribution in [2.45, 2.75) is 46.3 Å². The largest absolute Gasteiger partial charge is 0.357 e. The van der Waals surface area contributed by atoms with Crippen molar-refractivity contribution in [3.05, 3.63) is 89.2 Å². The van der Waals surface area contributed by atoms with E-state index in [-0.39, 0.29) is 5.91 Å². The van der Waals surface area contributed by atoms with Crippen LogP contribution in [-0.2, 0) is 19.6 Å². The molecule has 1 aromatic heterocycles. The minimum Gasteiger partial charge on any atom is -0.357 e. The molecule has 1 heterocycles. The summed E-state index contributed by atoms with van der Waals surface area (Å²) in [7, 11) is 0. The van der Waals surface area contributed by atoms with Gasteiger partial charge in [-0.1, -0.05) is 49.7 Å². The second-order valence-corrected chi connectivity index (χ2v) is 7.83. The van der Waals surface area contributed by atoms with E-state index in [1.165, 1.54) is 11.1 Å². The average molecular weight is 447 g/mol. The van der Waals surface area contributed by atoms with Gasteiger partial charge in [0.1, 0.15) is 0 Å². The second kappa shape index (κ2) is 13.1. The van der Waals surface area contributed by atoms with E-state index >= 15 is 0 Å². The van der Waals surface area contributed by atoms with Gasteiger partial charge in [-0.15, -0.1) is 0 Å². The summed E-state index contributed by atoms with van der Waals surface area (Å²) in [5.74, 6) is 0.732. The zero-order valence-corrected chi connectivity index (χ0v) is 19.6. The van der Waals surface area contributed by atoms with Crippen LogP contribution in [0.1, 0.15) is 53.7 Å². The molecule has 0 saturated heterocycles. The predicted octanol–water partition coefficient (Wildman–Crippen LogP) is 3.72. The van der Waals surface area contributed by atoms with Gasteiger partial charge in [0.2, 0.25) is 0 Å². The first-order chi connectivity index (χ1) is 16.2. The Hall–Kier alpha value is -3.61. The Morgan fingerprint density at radius 1 is 0.970 bits per heavy atom. The van der Waals surface area contributed by atoms with Gasteiger partial charge in [-0.2, -0.15) is 5.10 Å². The van der Waals surface area contributed by atoms with E-state index in [4.69, 9.17) is 4.99 Å². The molecular weight excluding hydrogens is 412 g/mol. The highest BCUT2D eigenvalue weighted by atomic mass is 16.1. The number of unbranched alkanes of at least 4 members (excludes halogenated alkanes) is 1. The highest BCUT2D eigenvalue weighted by Crippen LogP contribution is 2.10. The van der Waals surface area contributed by atoms with Crippen LogP contribution in [0.15, 0.2) is 72.0 Å². The minimum absolute atomic E-state index is 0.0257. The van der Waals surface area contributed by atoms with Crippen molar-refractivity contribution in [2.75, 3.05) is 13.1 Å². The third kappa shape index (κ3) is 7.79. The number of rotatable bonds is 11.